The molecular weight excluding hydrogens is 254 g/mol. The second kappa shape index (κ2) is 6.85. The van der Waals surface area contributed by atoms with Crippen molar-refractivity contribution in [1.82, 2.24) is 9.97 Å². The summed E-state index contributed by atoms with van der Waals surface area (Å²) in [5.41, 5.74) is 2.61. The summed E-state index contributed by atoms with van der Waals surface area (Å²) < 4.78 is 0. The molecule has 0 aliphatic carbocycles. The average molecular weight is 279 g/mol. The highest BCUT2D eigenvalue weighted by Gasteiger charge is 2.23. The average Bonchev–Trinajstić information content (AvgIpc) is 2.71. The van der Waals surface area contributed by atoms with Gasteiger partial charge in [0.15, 0.2) is 0 Å². The maximum Gasteiger partial charge on any atom is 0.145 e. The van der Waals surface area contributed by atoms with Crippen LogP contribution in [0, 0.1) is 0 Å². The Labute approximate surface area is 120 Å². The third-order valence-electron chi connectivity index (χ3n) is 3.78. The summed E-state index contributed by atoms with van der Waals surface area (Å²) in [7, 11) is 0. The minimum Gasteiger partial charge on any atom is -0.394 e. The van der Waals surface area contributed by atoms with Crippen molar-refractivity contribution in [2.45, 2.75) is 51.5 Å². The number of aliphatic hydroxyl groups is 1. The largest absolute Gasteiger partial charge is 0.394 e. The summed E-state index contributed by atoms with van der Waals surface area (Å²) in [6, 6.07) is 2.00. The first-order chi connectivity index (χ1) is 9.65. The molecule has 1 unspecified atom stereocenters. The fourth-order valence-corrected chi connectivity index (χ4v) is 2.60. The van der Waals surface area contributed by atoms with E-state index in [1.54, 1.807) is 0 Å². The number of rotatable bonds is 4. The van der Waals surface area contributed by atoms with Crippen molar-refractivity contribution < 1.29 is 5.11 Å². The van der Waals surface area contributed by atoms with Gasteiger partial charge in [-0.05, 0) is 12.8 Å². The molecular formula is C14H25N5O. The molecule has 1 atom stereocenters. The summed E-state index contributed by atoms with van der Waals surface area (Å²) in [6.07, 6.45) is 4.49. The number of hydrazine groups is 1. The van der Waals surface area contributed by atoms with Gasteiger partial charge >= 0.3 is 0 Å². The summed E-state index contributed by atoms with van der Waals surface area (Å²) in [4.78, 5) is 11.2. The number of nitrogens with one attached hydrogen (secondary N) is 1. The third kappa shape index (κ3) is 3.37. The van der Waals surface area contributed by atoms with E-state index in [1.165, 1.54) is 6.42 Å². The molecule has 0 bridgehead atoms. The number of hydrogen-bond acceptors (Lipinski definition) is 6. The Balaban J connectivity index is 2.35. The summed E-state index contributed by atoms with van der Waals surface area (Å²) in [5.74, 6) is 8.00. The molecule has 4 N–H and O–H groups in total. The minimum absolute atomic E-state index is 0.137. The van der Waals surface area contributed by atoms with Crippen LogP contribution >= 0.6 is 0 Å². The van der Waals surface area contributed by atoms with E-state index in [0.717, 1.165) is 37.4 Å². The van der Waals surface area contributed by atoms with E-state index >= 15 is 0 Å². The Hall–Kier alpha value is -1.40. The number of anilines is 2. The number of aromatic nitrogens is 2. The summed E-state index contributed by atoms with van der Waals surface area (Å²) in [5, 5.41) is 9.63. The SMILES string of the molecule is CC(C)c1nc(NN)cc(N2CCCCCC2CO)n1. The number of nitrogens with zero attached hydrogens (tertiary/aromatic N) is 3. The lowest BCUT2D eigenvalue weighted by atomic mass is 10.1. The lowest BCUT2D eigenvalue weighted by Gasteiger charge is -2.30. The lowest BCUT2D eigenvalue weighted by molar-refractivity contribution is 0.254. The van der Waals surface area contributed by atoms with Crippen LogP contribution in [0.4, 0.5) is 11.6 Å². The molecule has 1 aromatic rings. The van der Waals surface area contributed by atoms with E-state index in [2.05, 4.69) is 34.1 Å². The van der Waals surface area contributed by atoms with Gasteiger partial charge in [-0.3, -0.25) is 0 Å². The molecule has 112 valence electrons. The molecule has 2 rings (SSSR count). The van der Waals surface area contributed by atoms with E-state index in [-0.39, 0.29) is 18.6 Å². The van der Waals surface area contributed by atoms with Crippen LogP contribution in [-0.4, -0.2) is 34.3 Å². The summed E-state index contributed by atoms with van der Waals surface area (Å²) in [6.45, 7) is 5.20. The molecule has 1 fully saturated rings. The monoisotopic (exact) mass is 279 g/mol. The van der Waals surface area contributed by atoms with Gasteiger partial charge in [0.05, 0.1) is 12.6 Å². The van der Waals surface area contributed by atoms with Crippen molar-refractivity contribution in [1.29, 1.82) is 0 Å². The van der Waals surface area contributed by atoms with Crippen LogP contribution in [-0.2, 0) is 0 Å². The fraction of sp³-hybridized carbons (Fsp3) is 0.714. The van der Waals surface area contributed by atoms with Gasteiger partial charge in [0, 0.05) is 18.5 Å². The second-order valence-corrected chi connectivity index (χ2v) is 5.65. The molecule has 1 saturated heterocycles. The van der Waals surface area contributed by atoms with Crippen LogP contribution in [0.15, 0.2) is 6.07 Å². The van der Waals surface area contributed by atoms with Gasteiger partial charge in [-0.1, -0.05) is 26.7 Å². The number of nitrogen functional groups attached to an aromatic ring is 1. The first-order valence-corrected chi connectivity index (χ1v) is 7.38. The van der Waals surface area contributed by atoms with E-state index in [1.807, 2.05) is 6.07 Å². The number of aliphatic hydroxyl groups excluding tert-OH is 1. The molecule has 1 aromatic heterocycles. The van der Waals surface area contributed by atoms with Crippen LogP contribution in [0.1, 0.15) is 51.3 Å². The minimum atomic E-state index is 0.137. The lowest BCUT2D eigenvalue weighted by Crippen LogP contribution is -2.38. The van der Waals surface area contributed by atoms with Crippen molar-refractivity contribution >= 4 is 11.6 Å². The Morgan fingerprint density at radius 1 is 1.40 bits per heavy atom. The van der Waals surface area contributed by atoms with Gasteiger partial charge < -0.3 is 15.4 Å². The van der Waals surface area contributed by atoms with Gasteiger partial charge in [-0.2, -0.15) is 0 Å². The Morgan fingerprint density at radius 3 is 2.85 bits per heavy atom. The zero-order valence-electron chi connectivity index (χ0n) is 12.3. The zero-order chi connectivity index (χ0) is 14.5. The van der Waals surface area contributed by atoms with Crippen molar-refractivity contribution in [3.8, 4) is 0 Å². The van der Waals surface area contributed by atoms with Gasteiger partial charge in [0.1, 0.15) is 17.5 Å². The van der Waals surface area contributed by atoms with Crippen molar-refractivity contribution in [3.63, 3.8) is 0 Å². The number of nitrogens with two attached hydrogens (primary N) is 1. The molecule has 6 nitrogen and oxygen atoms in total. The highest BCUT2D eigenvalue weighted by molar-refractivity contribution is 5.50. The predicted octanol–water partition coefficient (Wildman–Crippen LogP) is 1.63. The van der Waals surface area contributed by atoms with E-state index < -0.39 is 0 Å². The summed E-state index contributed by atoms with van der Waals surface area (Å²) >= 11 is 0. The molecule has 0 amide bonds. The smallest absolute Gasteiger partial charge is 0.145 e. The number of hydrogen-bond donors (Lipinski definition) is 3. The van der Waals surface area contributed by atoms with Crippen molar-refractivity contribution in [2.24, 2.45) is 5.84 Å². The van der Waals surface area contributed by atoms with Gasteiger partial charge in [0.25, 0.3) is 0 Å². The molecule has 0 aromatic carbocycles. The topological polar surface area (TPSA) is 87.3 Å². The second-order valence-electron chi connectivity index (χ2n) is 5.65. The molecule has 6 heteroatoms. The normalized spacial score (nSPS) is 20.1. The van der Waals surface area contributed by atoms with E-state index in [9.17, 15) is 5.11 Å². The van der Waals surface area contributed by atoms with Gasteiger partial charge in [0.2, 0.25) is 0 Å². The van der Waals surface area contributed by atoms with Crippen molar-refractivity contribution in [2.75, 3.05) is 23.5 Å². The fourth-order valence-electron chi connectivity index (χ4n) is 2.60. The van der Waals surface area contributed by atoms with Crippen LogP contribution < -0.4 is 16.2 Å². The Kier molecular flexibility index (Phi) is 5.14. The molecule has 0 spiro atoms. The predicted molar refractivity (Wildman–Crippen MR) is 80.6 cm³/mol. The van der Waals surface area contributed by atoms with Crippen LogP contribution in [0.25, 0.3) is 0 Å². The standard InChI is InChI=1S/C14H25N5O/c1-10(2)14-16-12(18-15)8-13(17-14)19-7-5-3-4-6-11(19)9-20/h8,10-11,20H,3-7,9,15H2,1-2H3,(H,16,17,18). The highest BCUT2D eigenvalue weighted by atomic mass is 16.3. The third-order valence-corrected chi connectivity index (χ3v) is 3.78. The van der Waals surface area contributed by atoms with Gasteiger partial charge in [-0.25, -0.2) is 15.8 Å². The first kappa shape index (κ1) is 15.0. The maximum atomic E-state index is 9.63. The van der Waals surface area contributed by atoms with Crippen LogP contribution in [0.5, 0.6) is 0 Å². The first-order valence-electron chi connectivity index (χ1n) is 7.38. The molecule has 0 radical (unpaired) electrons. The molecule has 1 aliphatic heterocycles. The molecule has 1 aliphatic rings. The van der Waals surface area contributed by atoms with E-state index in [0.29, 0.717) is 5.82 Å². The van der Waals surface area contributed by atoms with Crippen LogP contribution in [0.2, 0.25) is 0 Å². The van der Waals surface area contributed by atoms with E-state index in [4.69, 9.17) is 5.84 Å². The maximum absolute atomic E-state index is 9.63. The zero-order valence-corrected chi connectivity index (χ0v) is 12.3. The highest BCUT2D eigenvalue weighted by Crippen LogP contribution is 2.25. The Bertz CT molecular complexity index is 438. The molecule has 2 heterocycles. The van der Waals surface area contributed by atoms with Gasteiger partial charge in [-0.15, -0.1) is 0 Å². The van der Waals surface area contributed by atoms with Crippen LogP contribution in [0.3, 0.4) is 0 Å². The quantitative estimate of drug-likeness (QED) is 0.573. The molecule has 0 saturated carbocycles. The molecule has 20 heavy (non-hydrogen) atoms. The Morgan fingerprint density at radius 2 is 2.20 bits per heavy atom. The van der Waals surface area contributed by atoms with Crippen molar-refractivity contribution in [3.05, 3.63) is 11.9 Å².